The van der Waals surface area contributed by atoms with Gasteiger partial charge >= 0.3 is 5.82 Å². The Kier molecular flexibility index (Phi) is 4.57. The summed E-state index contributed by atoms with van der Waals surface area (Å²) in [6.45, 7) is 7.54. The lowest BCUT2D eigenvalue weighted by atomic mass is 9.33. The first-order valence-corrected chi connectivity index (χ1v) is 11.9. The largest absolute Gasteiger partial charge is 0.360 e. The maximum Gasteiger partial charge on any atom is 0.327 e. The molecule has 1 aromatic heterocycles. The summed E-state index contributed by atoms with van der Waals surface area (Å²) >= 11 is 0. The molecule has 37 heavy (non-hydrogen) atoms. The molecular weight excluding hydrogens is 455 g/mol. The molecule has 0 spiro atoms. The Morgan fingerprint density at radius 3 is 1.97 bits per heavy atom. The van der Waals surface area contributed by atoms with Crippen LogP contribution in [-0.4, -0.2) is 16.7 Å². The average molecular weight is 472 g/mol. The number of para-hydroxylation sites is 3. The molecule has 2 aliphatic heterocycles. The molecule has 4 aromatic carbocycles. The second kappa shape index (κ2) is 8.08. The van der Waals surface area contributed by atoms with Gasteiger partial charge in [-0.15, -0.1) is 0 Å². The Balaban J connectivity index is 1.57. The van der Waals surface area contributed by atoms with Gasteiger partial charge in [-0.3, -0.25) is 4.90 Å². The molecule has 0 unspecified atom stereocenters. The van der Waals surface area contributed by atoms with Crippen molar-refractivity contribution in [2.45, 2.75) is 0 Å². The third-order valence-corrected chi connectivity index (χ3v) is 6.97. The fraction of sp³-hybridized carbons (Fsp3) is 0. The Labute approximate surface area is 214 Å². The number of hydrogen-bond donors (Lipinski definition) is 0. The maximum atomic E-state index is 9.57. The minimum atomic E-state index is -0.0239. The molecule has 0 atom stereocenters. The van der Waals surface area contributed by atoms with Crippen molar-refractivity contribution in [3.8, 4) is 6.07 Å². The first-order valence-electron chi connectivity index (χ1n) is 11.9. The van der Waals surface area contributed by atoms with E-state index in [1.54, 1.807) is 6.07 Å². The molecular formula is C30H17BN6. The number of benzene rings is 4. The smallest absolute Gasteiger partial charge is 0.327 e. The van der Waals surface area contributed by atoms with Crippen molar-refractivity contribution in [1.82, 2.24) is 9.97 Å². The number of hydrogen-bond acceptors (Lipinski definition) is 5. The van der Waals surface area contributed by atoms with E-state index >= 15 is 0 Å². The molecule has 0 radical (unpaired) electrons. The summed E-state index contributed by atoms with van der Waals surface area (Å²) in [7, 11) is 0. The van der Waals surface area contributed by atoms with Crippen LogP contribution in [0.4, 0.5) is 40.1 Å². The summed E-state index contributed by atoms with van der Waals surface area (Å²) in [5.41, 5.74) is 8.78. The van der Waals surface area contributed by atoms with Crippen LogP contribution in [-0.2, 0) is 0 Å². The van der Waals surface area contributed by atoms with Gasteiger partial charge in [0.05, 0.1) is 0 Å². The van der Waals surface area contributed by atoms with Crippen LogP contribution in [0.15, 0.2) is 103 Å². The van der Waals surface area contributed by atoms with Gasteiger partial charge < -0.3 is 9.74 Å². The highest BCUT2D eigenvalue weighted by atomic mass is 15.2. The third kappa shape index (κ3) is 3.05. The van der Waals surface area contributed by atoms with E-state index in [0.717, 1.165) is 39.4 Å². The van der Waals surface area contributed by atoms with Crippen molar-refractivity contribution < 1.29 is 0 Å². The van der Waals surface area contributed by atoms with Gasteiger partial charge in [-0.25, -0.2) is 0 Å². The second-order valence-corrected chi connectivity index (χ2v) is 8.90. The van der Waals surface area contributed by atoms with E-state index in [1.165, 1.54) is 5.46 Å². The molecule has 0 bridgehead atoms. The Hall–Kier alpha value is -5.40. The summed E-state index contributed by atoms with van der Waals surface area (Å²) in [6.07, 6.45) is 0. The number of fused-ring (bicyclic) bond motifs is 4. The first kappa shape index (κ1) is 20.9. The minimum Gasteiger partial charge on any atom is -0.360 e. The fourth-order valence-electron chi connectivity index (χ4n) is 5.58. The summed E-state index contributed by atoms with van der Waals surface area (Å²) < 4.78 is 0. The van der Waals surface area contributed by atoms with Gasteiger partial charge in [0, 0.05) is 34.5 Å². The zero-order chi connectivity index (χ0) is 24.9. The van der Waals surface area contributed by atoms with E-state index in [-0.39, 0.29) is 18.4 Å². The molecule has 170 valence electrons. The van der Waals surface area contributed by atoms with Crippen LogP contribution in [0.2, 0.25) is 0 Å². The average Bonchev–Trinajstić information content (AvgIpc) is 2.97. The van der Waals surface area contributed by atoms with E-state index in [0.29, 0.717) is 5.82 Å². The normalized spacial score (nSPS) is 12.6. The van der Waals surface area contributed by atoms with Gasteiger partial charge in [-0.05, 0) is 52.8 Å². The highest BCUT2D eigenvalue weighted by molar-refractivity contribution is 7.00. The number of nitrogens with zero attached hydrogens (tertiary/aromatic N) is 6. The van der Waals surface area contributed by atoms with Crippen molar-refractivity contribution in [1.29, 1.82) is 5.26 Å². The summed E-state index contributed by atoms with van der Waals surface area (Å²) in [6, 6.07) is 37.2. The van der Waals surface area contributed by atoms with Gasteiger partial charge in [0.15, 0.2) is 6.07 Å². The molecule has 0 saturated carbocycles. The number of nitriles is 1. The van der Waals surface area contributed by atoms with Gasteiger partial charge in [0.25, 0.3) is 12.5 Å². The molecule has 6 nitrogen and oxygen atoms in total. The molecule has 7 rings (SSSR count). The summed E-state index contributed by atoms with van der Waals surface area (Å²) in [5, 5.41) is 9.57. The van der Waals surface area contributed by atoms with Gasteiger partial charge in [-0.1, -0.05) is 72.2 Å². The van der Waals surface area contributed by atoms with Crippen LogP contribution in [0, 0.1) is 17.9 Å². The Morgan fingerprint density at radius 1 is 0.703 bits per heavy atom. The Bertz CT molecular complexity index is 1750. The van der Waals surface area contributed by atoms with Crippen LogP contribution in [0.1, 0.15) is 5.82 Å². The van der Waals surface area contributed by atoms with Crippen LogP contribution in [0.25, 0.3) is 4.85 Å². The SMILES string of the molecule is [C-]#[N+]c1cc(N2c3ccccc3B3c4ccccc4N(c4ccccc4)c4cccc2c43)nc(C#N)n1. The molecule has 0 fully saturated rings. The second-order valence-electron chi connectivity index (χ2n) is 8.90. The molecule has 5 aromatic rings. The number of aromatic nitrogens is 2. The standard InChI is InChI=1S/C30H17BN6/c1-33-27-18-29(35-28(19-32)34-27)37-24-15-8-6-13-22(24)31-21-12-5-7-14-23(21)36(20-10-3-2-4-11-20)25-16-9-17-26(37)30(25)31/h2-18H. The lowest BCUT2D eigenvalue weighted by Gasteiger charge is -2.43. The fourth-order valence-corrected chi connectivity index (χ4v) is 5.58. The molecule has 2 aliphatic rings. The van der Waals surface area contributed by atoms with Crippen LogP contribution in [0.5, 0.6) is 0 Å². The van der Waals surface area contributed by atoms with E-state index in [2.05, 4.69) is 110 Å². The maximum absolute atomic E-state index is 9.57. The zero-order valence-corrected chi connectivity index (χ0v) is 19.6. The number of anilines is 6. The lowest BCUT2D eigenvalue weighted by Crippen LogP contribution is -2.61. The molecule has 7 heteroatoms. The van der Waals surface area contributed by atoms with E-state index in [4.69, 9.17) is 6.57 Å². The highest BCUT2D eigenvalue weighted by Gasteiger charge is 2.43. The first-order chi connectivity index (χ1) is 18.3. The van der Waals surface area contributed by atoms with E-state index < -0.39 is 0 Å². The van der Waals surface area contributed by atoms with Crippen molar-refractivity contribution in [3.63, 3.8) is 0 Å². The van der Waals surface area contributed by atoms with Gasteiger partial charge in [0.1, 0.15) is 5.82 Å². The summed E-state index contributed by atoms with van der Waals surface area (Å²) in [4.78, 5) is 16.5. The number of rotatable bonds is 2. The van der Waals surface area contributed by atoms with Crippen LogP contribution in [0.3, 0.4) is 0 Å². The van der Waals surface area contributed by atoms with Crippen molar-refractivity contribution in [3.05, 3.63) is 120 Å². The zero-order valence-electron chi connectivity index (χ0n) is 19.6. The van der Waals surface area contributed by atoms with Crippen molar-refractivity contribution in [2.24, 2.45) is 0 Å². The lowest BCUT2D eigenvalue weighted by molar-refractivity contribution is 1.09. The third-order valence-electron chi connectivity index (χ3n) is 6.97. The van der Waals surface area contributed by atoms with Crippen LogP contribution < -0.4 is 26.2 Å². The van der Waals surface area contributed by atoms with Gasteiger partial charge in [-0.2, -0.15) is 10.2 Å². The highest BCUT2D eigenvalue weighted by Crippen LogP contribution is 2.43. The molecule has 0 saturated heterocycles. The molecule has 0 amide bonds. The van der Waals surface area contributed by atoms with E-state index in [9.17, 15) is 5.26 Å². The van der Waals surface area contributed by atoms with Gasteiger partial charge in [0.2, 0.25) is 0 Å². The topological polar surface area (TPSA) is 60.4 Å². The van der Waals surface area contributed by atoms with Crippen molar-refractivity contribution >= 4 is 63.2 Å². The molecule has 3 heterocycles. The van der Waals surface area contributed by atoms with Crippen molar-refractivity contribution in [2.75, 3.05) is 9.80 Å². The molecule has 0 N–H and O–H groups in total. The predicted molar refractivity (Wildman–Crippen MR) is 147 cm³/mol. The van der Waals surface area contributed by atoms with Crippen LogP contribution >= 0.6 is 0 Å². The summed E-state index contributed by atoms with van der Waals surface area (Å²) in [5.74, 6) is 0.619. The quantitative estimate of drug-likeness (QED) is 0.262. The van der Waals surface area contributed by atoms with E-state index in [1.807, 2.05) is 18.2 Å². The molecule has 0 aliphatic carbocycles. The monoisotopic (exact) mass is 472 g/mol. The Morgan fingerprint density at radius 2 is 1.30 bits per heavy atom. The predicted octanol–water partition coefficient (Wildman–Crippen LogP) is 4.98. The minimum absolute atomic E-state index is 0.0208.